The van der Waals surface area contributed by atoms with Gasteiger partial charge in [0, 0.05) is 6.04 Å². The van der Waals surface area contributed by atoms with Gasteiger partial charge in [0.15, 0.2) is 0 Å². The third-order valence-corrected chi connectivity index (χ3v) is 3.17. The van der Waals surface area contributed by atoms with Crippen molar-refractivity contribution < 1.29 is 4.74 Å². The van der Waals surface area contributed by atoms with E-state index in [2.05, 4.69) is 46.8 Å². The molecule has 1 unspecified atom stereocenters. The summed E-state index contributed by atoms with van der Waals surface area (Å²) < 4.78 is 5.82. The van der Waals surface area contributed by atoms with E-state index in [1.54, 1.807) is 0 Å². The fraction of sp³-hybridized carbons (Fsp3) is 0.625. The van der Waals surface area contributed by atoms with Gasteiger partial charge < -0.3 is 10.5 Å². The molecule has 0 aliphatic rings. The van der Waals surface area contributed by atoms with Gasteiger partial charge in [0.1, 0.15) is 5.75 Å². The molecular formula is C16H27NO. The van der Waals surface area contributed by atoms with E-state index in [0.717, 1.165) is 18.6 Å². The van der Waals surface area contributed by atoms with Crippen LogP contribution in [0.3, 0.4) is 0 Å². The van der Waals surface area contributed by atoms with Gasteiger partial charge in [-0.15, -0.1) is 0 Å². The number of hydrogen-bond acceptors (Lipinski definition) is 2. The minimum atomic E-state index is 0.161. The Bertz CT molecular complexity index is 366. The second kappa shape index (κ2) is 6.24. The SMILES string of the molecule is CC(C)Oc1ccccc1CCC(N)C(C)(C)C. The van der Waals surface area contributed by atoms with E-state index in [-0.39, 0.29) is 17.6 Å². The maximum atomic E-state index is 6.21. The van der Waals surface area contributed by atoms with Crippen LogP contribution in [0.25, 0.3) is 0 Å². The monoisotopic (exact) mass is 249 g/mol. The molecule has 0 fully saturated rings. The number of benzene rings is 1. The van der Waals surface area contributed by atoms with Gasteiger partial charge in [-0.1, -0.05) is 39.0 Å². The first-order valence-corrected chi connectivity index (χ1v) is 6.81. The second-order valence-corrected chi connectivity index (χ2v) is 6.29. The van der Waals surface area contributed by atoms with E-state index in [0.29, 0.717) is 0 Å². The van der Waals surface area contributed by atoms with Gasteiger partial charge in [0.05, 0.1) is 6.10 Å². The molecule has 0 saturated carbocycles. The van der Waals surface area contributed by atoms with Crippen molar-refractivity contribution in [2.24, 2.45) is 11.1 Å². The molecule has 2 N–H and O–H groups in total. The van der Waals surface area contributed by atoms with Gasteiger partial charge >= 0.3 is 0 Å². The molecule has 1 rings (SSSR count). The molecule has 0 saturated heterocycles. The summed E-state index contributed by atoms with van der Waals surface area (Å²) in [6.07, 6.45) is 2.17. The predicted octanol–water partition coefficient (Wildman–Crippen LogP) is 3.78. The van der Waals surface area contributed by atoms with E-state index in [1.807, 2.05) is 12.1 Å². The smallest absolute Gasteiger partial charge is 0.122 e. The minimum Gasteiger partial charge on any atom is -0.491 e. The van der Waals surface area contributed by atoms with Crippen molar-refractivity contribution in [1.29, 1.82) is 0 Å². The highest BCUT2D eigenvalue weighted by Crippen LogP contribution is 2.25. The summed E-state index contributed by atoms with van der Waals surface area (Å²) >= 11 is 0. The summed E-state index contributed by atoms with van der Waals surface area (Å²) in [5, 5.41) is 0. The van der Waals surface area contributed by atoms with Gasteiger partial charge in [-0.25, -0.2) is 0 Å². The predicted molar refractivity (Wildman–Crippen MR) is 78.0 cm³/mol. The third kappa shape index (κ3) is 4.69. The molecule has 0 aliphatic heterocycles. The van der Waals surface area contributed by atoms with E-state index < -0.39 is 0 Å². The van der Waals surface area contributed by atoms with Crippen LogP contribution in [0.15, 0.2) is 24.3 Å². The number of ether oxygens (including phenoxy) is 1. The van der Waals surface area contributed by atoms with Gasteiger partial charge in [-0.05, 0) is 43.7 Å². The quantitative estimate of drug-likeness (QED) is 0.862. The number of rotatable bonds is 5. The zero-order valence-electron chi connectivity index (χ0n) is 12.4. The summed E-state index contributed by atoms with van der Waals surface area (Å²) in [5.41, 5.74) is 7.63. The minimum absolute atomic E-state index is 0.161. The number of aryl methyl sites for hydroxylation is 1. The van der Waals surface area contributed by atoms with Crippen LogP contribution in [0, 0.1) is 5.41 Å². The lowest BCUT2D eigenvalue weighted by molar-refractivity contribution is 0.238. The Kier molecular flexibility index (Phi) is 5.21. The molecule has 1 atom stereocenters. The largest absolute Gasteiger partial charge is 0.491 e. The average molecular weight is 249 g/mol. The van der Waals surface area contributed by atoms with Gasteiger partial charge in [-0.3, -0.25) is 0 Å². The van der Waals surface area contributed by atoms with Crippen molar-refractivity contribution in [2.75, 3.05) is 0 Å². The number of nitrogens with two attached hydrogens (primary N) is 1. The molecule has 0 radical (unpaired) electrons. The Balaban J connectivity index is 2.67. The fourth-order valence-electron chi connectivity index (χ4n) is 1.82. The third-order valence-electron chi connectivity index (χ3n) is 3.17. The summed E-state index contributed by atoms with van der Waals surface area (Å²) in [5.74, 6) is 0.994. The van der Waals surface area contributed by atoms with Crippen molar-refractivity contribution in [2.45, 2.75) is 59.6 Å². The average Bonchev–Trinajstić information content (AvgIpc) is 2.25. The summed E-state index contributed by atoms with van der Waals surface area (Å²) in [7, 11) is 0. The highest BCUT2D eigenvalue weighted by Gasteiger charge is 2.20. The van der Waals surface area contributed by atoms with Crippen LogP contribution in [-0.4, -0.2) is 12.1 Å². The molecule has 0 bridgehead atoms. The van der Waals surface area contributed by atoms with Crippen molar-refractivity contribution in [3.05, 3.63) is 29.8 Å². The molecule has 0 aliphatic carbocycles. The standard InChI is InChI=1S/C16H27NO/c1-12(2)18-14-9-7-6-8-13(14)10-11-15(17)16(3,4)5/h6-9,12,15H,10-11,17H2,1-5H3. The first-order valence-electron chi connectivity index (χ1n) is 6.81. The van der Waals surface area contributed by atoms with Crippen LogP contribution in [-0.2, 0) is 6.42 Å². The molecular weight excluding hydrogens is 222 g/mol. The first-order chi connectivity index (χ1) is 8.30. The normalized spacial score (nSPS) is 13.7. The van der Waals surface area contributed by atoms with Gasteiger partial charge in [0.25, 0.3) is 0 Å². The molecule has 1 aromatic carbocycles. The Labute approximate surface area is 112 Å². The summed E-state index contributed by atoms with van der Waals surface area (Å²) in [6.45, 7) is 10.7. The fourth-order valence-corrected chi connectivity index (χ4v) is 1.82. The topological polar surface area (TPSA) is 35.2 Å². The van der Waals surface area contributed by atoms with Crippen molar-refractivity contribution >= 4 is 0 Å². The van der Waals surface area contributed by atoms with Crippen LogP contribution >= 0.6 is 0 Å². The number of para-hydroxylation sites is 1. The maximum Gasteiger partial charge on any atom is 0.122 e. The van der Waals surface area contributed by atoms with E-state index in [1.165, 1.54) is 5.56 Å². The number of hydrogen-bond donors (Lipinski definition) is 1. The maximum absolute atomic E-state index is 6.21. The zero-order chi connectivity index (χ0) is 13.8. The van der Waals surface area contributed by atoms with Crippen LogP contribution < -0.4 is 10.5 Å². The molecule has 1 aromatic rings. The van der Waals surface area contributed by atoms with E-state index >= 15 is 0 Å². The second-order valence-electron chi connectivity index (χ2n) is 6.29. The lowest BCUT2D eigenvalue weighted by Gasteiger charge is -2.27. The van der Waals surface area contributed by atoms with Crippen LogP contribution in [0.2, 0.25) is 0 Å². The molecule has 0 amide bonds. The summed E-state index contributed by atoms with van der Waals surface area (Å²) in [6, 6.07) is 8.46. The van der Waals surface area contributed by atoms with E-state index in [4.69, 9.17) is 10.5 Å². The highest BCUT2D eigenvalue weighted by atomic mass is 16.5. The molecule has 2 heteroatoms. The molecule has 2 nitrogen and oxygen atoms in total. The molecule has 0 heterocycles. The van der Waals surface area contributed by atoms with Crippen LogP contribution in [0.1, 0.15) is 46.6 Å². The first kappa shape index (κ1) is 15.0. The van der Waals surface area contributed by atoms with Crippen molar-refractivity contribution in [3.8, 4) is 5.75 Å². The van der Waals surface area contributed by atoms with Crippen LogP contribution in [0.5, 0.6) is 5.75 Å². The molecule has 0 aromatic heterocycles. The Morgan fingerprint density at radius 2 is 1.78 bits per heavy atom. The molecule has 102 valence electrons. The lowest BCUT2D eigenvalue weighted by atomic mass is 9.84. The van der Waals surface area contributed by atoms with Crippen molar-refractivity contribution in [3.63, 3.8) is 0 Å². The Morgan fingerprint density at radius 1 is 1.17 bits per heavy atom. The van der Waals surface area contributed by atoms with Gasteiger partial charge in [-0.2, -0.15) is 0 Å². The van der Waals surface area contributed by atoms with Gasteiger partial charge in [0.2, 0.25) is 0 Å². The Morgan fingerprint density at radius 3 is 2.33 bits per heavy atom. The van der Waals surface area contributed by atoms with Crippen molar-refractivity contribution in [1.82, 2.24) is 0 Å². The summed E-state index contributed by atoms with van der Waals surface area (Å²) in [4.78, 5) is 0. The Hall–Kier alpha value is -1.02. The molecule has 0 spiro atoms. The lowest BCUT2D eigenvalue weighted by Crippen LogP contribution is -2.35. The van der Waals surface area contributed by atoms with E-state index in [9.17, 15) is 0 Å². The zero-order valence-corrected chi connectivity index (χ0v) is 12.4. The van der Waals surface area contributed by atoms with Crippen LogP contribution in [0.4, 0.5) is 0 Å². The molecule has 18 heavy (non-hydrogen) atoms. The highest BCUT2D eigenvalue weighted by molar-refractivity contribution is 5.33.